The van der Waals surface area contributed by atoms with Crippen LogP contribution in [0.25, 0.3) is 0 Å². The van der Waals surface area contributed by atoms with Gasteiger partial charge in [-0.05, 0) is 0 Å². The fraction of sp³-hybridized carbons (Fsp3) is 0. The second kappa shape index (κ2) is 22.0. The van der Waals surface area contributed by atoms with Crippen LogP contribution in [0.3, 0.4) is 0 Å². The van der Waals surface area contributed by atoms with E-state index in [1.54, 1.807) is 0 Å². The Morgan fingerprint density at radius 2 is 0.382 bits per heavy atom. The third-order valence-corrected chi connectivity index (χ3v) is 0. The summed E-state index contributed by atoms with van der Waals surface area (Å²) in [6.07, 6.45) is 0. The highest BCUT2D eigenvalue weighted by atomic mass is 31.2. The third kappa shape index (κ3) is 480000. The predicted molar refractivity (Wildman–Crippen MR) is 92.7 cm³/mol. The lowest BCUT2D eigenvalue weighted by molar-refractivity contribution is 0.256. The lowest BCUT2D eigenvalue weighted by Crippen LogP contribution is -2.18. The van der Waals surface area contributed by atoms with Crippen molar-refractivity contribution in [1.29, 1.82) is 0 Å². The summed E-state index contributed by atoms with van der Waals surface area (Å²) in [6.45, 7) is 0. The van der Waals surface area contributed by atoms with Crippen LogP contribution in [-0.4, -0.2) is 64.8 Å². The van der Waals surface area contributed by atoms with E-state index in [-0.39, 0.29) is 0 Å². The van der Waals surface area contributed by atoms with Crippen LogP contribution in [-0.2, 0) is 27.4 Å². The number of primary amides is 2. The van der Waals surface area contributed by atoms with E-state index in [1.165, 1.54) is 0 Å². The van der Waals surface area contributed by atoms with Gasteiger partial charge in [-0.2, -0.15) is 0 Å². The van der Waals surface area contributed by atoms with Crippen LogP contribution in [0.15, 0.2) is 0 Å². The molecule has 16 N–H and O–H groups in total. The molecule has 216 valence electrons. The fourth-order valence-electron chi connectivity index (χ4n) is 0. The van der Waals surface area contributed by atoms with Crippen molar-refractivity contribution in [2.75, 3.05) is 0 Å². The highest BCUT2D eigenvalue weighted by Gasteiger charge is 2.06. The minimum absolute atomic E-state index is 0.833. The van der Waals surface area contributed by atoms with Gasteiger partial charge in [-0.3, -0.25) is 58.7 Å². The van der Waals surface area contributed by atoms with Gasteiger partial charge < -0.3 is 11.5 Å². The second-order valence-corrected chi connectivity index (χ2v) is 8.92. The average molecular weight is 660 g/mol. The van der Waals surface area contributed by atoms with Crippen molar-refractivity contribution in [3.8, 4) is 0 Å². The van der Waals surface area contributed by atoms with Crippen LogP contribution >= 0.6 is 47.4 Å². The number of carbonyl (C=O) groups is 1. The minimum Gasteiger partial charge on any atom is -0.352 e. The van der Waals surface area contributed by atoms with Crippen molar-refractivity contribution < 1.29 is 116 Å². The molecule has 0 fully saturated rings. The summed E-state index contributed by atoms with van der Waals surface area (Å²) in [4.78, 5) is 92.6. The third-order valence-electron chi connectivity index (χ3n) is 0. The molecule has 0 aliphatic rings. The molecule has 0 bridgehead atoms. The van der Waals surface area contributed by atoms with Gasteiger partial charge in [-0.15, -0.1) is 25.2 Å². The van der Waals surface area contributed by atoms with E-state index in [2.05, 4.69) is 11.5 Å². The van der Waals surface area contributed by atoms with Crippen LogP contribution in [0, 0.1) is 0 Å². The SMILES string of the molecule is NC(N)=O.O=P(O)(O)F.O=P(O)(O)F.O=P(O)(O)F.O=P(O)(O)F.O=P(O)(O)F.O=P(O)(O)F. The van der Waals surface area contributed by atoms with Gasteiger partial charge in [-0.25, -0.2) is 32.2 Å². The lowest BCUT2D eigenvalue weighted by atomic mass is 11.2. The molecule has 0 aliphatic heterocycles. The van der Waals surface area contributed by atoms with Gasteiger partial charge in [0.2, 0.25) is 0 Å². The highest BCUT2D eigenvalue weighted by molar-refractivity contribution is 7.46. The first-order chi connectivity index (χ1) is 13.7. The quantitative estimate of drug-likeness (QED) is 0.113. The summed E-state index contributed by atoms with van der Waals surface area (Å²) in [5.74, 6) is 0. The van der Waals surface area contributed by atoms with Gasteiger partial charge in [0.25, 0.3) is 0 Å². The Balaban J connectivity index is -0.0000000501. The van der Waals surface area contributed by atoms with Crippen LogP contribution in [0.2, 0.25) is 0 Å². The molecule has 0 radical (unpaired) electrons. The monoisotopic (exact) mass is 660 g/mol. The van der Waals surface area contributed by atoms with Gasteiger partial charge in [-0.1, -0.05) is 0 Å². The van der Waals surface area contributed by atoms with E-state index in [4.69, 9.17) is 90.9 Å². The van der Waals surface area contributed by atoms with E-state index in [9.17, 15) is 25.2 Å². The Hall–Kier alpha value is -0.250. The molecule has 0 aromatic carbocycles. The van der Waals surface area contributed by atoms with Gasteiger partial charge >= 0.3 is 53.5 Å². The zero-order valence-corrected chi connectivity index (χ0v) is 20.2. The van der Waals surface area contributed by atoms with Gasteiger partial charge in [0, 0.05) is 0 Å². The molecule has 0 aromatic heterocycles. The van der Waals surface area contributed by atoms with E-state index in [1.807, 2.05) is 0 Å². The largest absolute Gasteiger partial charge is 0.507 e. The lowest BCUT2D eigenvalue weighted by Gasteiger charge is -1.78. The number of urea groups is 1. The van der Waals surface area contributed by atoms with Crippen LogP contribution < -0.4 is 11.5 Å². The molecule has 0 saturated heterocycles. The first-order valence-electron chi connectivity index (χ1n) is 5.29. The Morgan fingerprint density at radius 1 is 0.382 bits per heavy atom. The molecule has 0 atom stereocenters. The average Bonchev–Trinajstić information content (AvgIpc) is 2.08. The Morgan fingerprint density at radius 3 is 0.382 bits per heavy atom. The molecule has 21 nitrogen and oxygen atoms in total. The Bertz CT molecular complexity index is 572. The molecular weight excluding hydrogens is 644 g/mol. The van der Waals surface area contributed by atoms with E-state index < -0.39 is 53.5 Å². The summed E-state index contributed by atoms with van der Waals surface area (Å²) in [5.41, 5.74) is 8.50. The number of rotatable bonds is 0. The van der Waals surface area contributed by atoms with E-state index in [0.717, 1.165) is 0 Å². The molecule has 0 aliphatic carbocycles. The number of hydrogen-bond acceptors (Lipinski definition) is 7. The van der Waals surface area contributed by atoms with Crippen LogP contribution in [0.5, 0.6) is 0 Å². The van der Waals surface area contributed by atoms with Gasteiger partial charge in [0.05, 0.1) is 0 Å². The molecule has 34 heavy (non-hydrogen) atoms. The van der Waals surface area contributed by atoms with Crippen molar-refractivity contribution in [2.24, 2.45) is 11.5 Å². The summed E-state index contributed by atoms with van der Waals surface area (Å²) in [6, 6.07) is -0.833. The normalized spacial score (nSPS) is 11.1. The number of amides is 2. The van der Waals surface area contributed by atoms with Crippen molar-refractivity contribution in [1.82, 2.24) is 0 Å². The maximum atomic E-state index is 10.4. The topological polar surface area (TPSA) is 414 Å². The fourth-order valence-corrected chi connectivity index (χ4v) is 0. The van der Waals surface area contributed by atoms with Gasteiger partial charge in [0.15, 0.2) is 0 Å². The molecule has 0 spiro atoms. The highest BCUT2D eigenvalue weighted by Crippen LogP contribution is 2.37. The Labute approximate surface area is 182 Å². The summed E-state index contributed by atoms with van der Waals surface area (Å²) in [5, 5.41) is 0. The van der Waals surface area contributed by atoms with Crippen molar-refractivity contribution in [2.45, 2.75) is 0 Å². The first kappa shape index (κ1) is 50.6. The number of carbonyl (C=O) groups excluding carboxylic acids is 1. The zero-order chi connectivity index (χ0) is 30.6. The number of hydrogen-bond donors (Lipinski definition) is 14. The van der Waals surface area contributed by atoms with Crippen molar-refractivity contribution in [3.05, 3.63) is 0 Å². The van der Waals surface area contributed by atoms with Crippen LogP contribution in [0.4, 0.5) is 30.0 Å². The first-order valence-corrected chi connectivity index (χ1v) is 14.3. The molecule has 0 saturated carbocycles. The molecule has 0 unspecified atom stereocenters. The summed E-state index contributed by atoms with van der Waals surface area (Å²) >= 11 is 0. The molecule has 0 aromatic rings. The molecule has 33 heteroatoms. The smallest absolute Gasteiger partial charge is 0.352 e. The van der Waals surface area contributed by atoms with E-state index >= 15 is 0 Å². The Kier molecular flexibility index (Phi) is 32.7. The number of halogens is 6. The predicted octanol–water partition coefficient (Wildman–Crippen LogP) is -0.685. The minimum atomic E-state index is -5.14. The maximum absolute atomic E-state index is 10.4. The van der Waals surface area contributed by atoms with Crippen molar-refractivity contribution >= 4 is 53.5 Å². The molecular formula is CH16F6N2O19P6. The second-order valence-electron chi connectivity index (χ2n) is 3.24. The van der Waals surface area contributed by atoms with Gasteiger partial charge in [0.1, 0.15) is 0 Å². The zero-order valence-electron chi connectivity index (χ0n) is 14.8. The molecule has 0 rings (SSSR count). The number of nitrogens with two attached hydrogens (primary N) is 2. The maximum Gasteiger partial charge on any atom is 0.507 e. The van der Waals surface area contributed by atoms with E-state index in [0.29, 0.717) is 0 Å². The van der Waals surface area contributed by atoms with Crippen molar-refractivity contribution in [3.63, 3.8) is 0 Å². The standard InChI is InChI=1S/CH4N2O.6FH2O3P/c2-1(3)4;6*1-5(2,3)4/h(H4,2,3,4);6*(H2,2,3,4). The summed E-state index contributed by atoms with van der Waals surface area (Å²) in [7, 11) is -30.8. The van der Waals surface area contributed by atoms with Crippen LogP contribution in [0.1, 0.15) is 0 Å². The molecule has 0 heterocycles. The molecule has 2 amide bonds. The summed E-state index contributed by atoms with van der Waals surface area (Å²) < 4.78 is 114.